The molecule has 24 heavy (non-hydrogen) atoms. The number of hydrogen-bond donors (Lipinski definition) is 2. The van der Waals surface area contributed by atoms with E-state index in [-0.39, 0.29) is 18.3 Å². The fraction of sp³-hybridized carbons (Fsp3) is 0.176. The van der Waals surface area contributed by atoms with Crippen LogP contribution in [-0.2, 0) is 0 Å². The third-order valence-electron chi connectivity index (χ3n) is 3.62. The molecule has 0 aliphatic rings. The molecule has 5 nitrogen and oxygen atoms in total. The van der Waals surface area contributed by atoms with E-state index >= 15 is 0 Å². The van der Waals surface area contributed by atoms with Crippen LogP contribution in [-0.4, -0.2) is 33.2 Å². The average Bonchev–Trinajstić information content (AvgIpc) is 2.99. The monoisotopic (exact) mass is 345 g/mol. The molecule has 0 bridgehead atoms. The molecule has 2 heterocycles. The number of halogens is 1. The summed E-state index contributed by atoms with van der Waals surface area (Å²) < 4.78 is 14.7. The molecule has 2 N–H and O–H groups in total. The number of carbonyl (C=O) groups excluding carboxylic acids is 1. The highest BCUT2D eigenvalue weighted by Gasteiger charge is 2.18. The Morgan fingerprint density at radius 3 is 2.79 bits per heavy atom. The number of hydrogen-bond acceptors (Lipinski definition) is 4. The molecule has 0 radical (unpaired) electrons. The molecule has 1 atom stereocenters. The fourth-order valence-corrected chi connectivity index (χ4v) is 2.94. The van der Waals surface area contributed by atoms with Crippen molar-refractivity contribution < 1.29 is 14.3 Å². The maximum absolute atomic E-state index is 12.9. The van der Waals surface area contributed by atoms with E-state index in [2.05, 4.69) is 10.3 Å². The Balaban J connectivity index is 1.74. The molecular weight excluding hydrogens is 329 g/mol. The summed E-state index contributed by atoms with van der Waals surface area (Å²) in [6.45, 7) is 0.0188. The van der Waals surface area contributed by atoms with E-state index in [4.69, 9.17) is 0 Å². The van der Waals surface area contributed by atoms with Crippen molar-refractivity contribution in [2.24, 2.45) is 0 Å². The molecule has 0 saturated heterocycles. The molecule has 7 heteroatoms. The Morgan fingerprint density at radius 1 is 1.33 bits per heavy atom. The van der Waals surface area contributed by atoms with Gasteiger partial charge >= 0.3 is 0 Å². The summed E-state index contributed by atoms with van der Waals surface area (Å²) in [6, 6.07) is 11.0. The third kappa shape index (κ3) is 3.27. The van der Waals surface area contributed by atoms with Gasteiger partial charge in [0.25, 0.3) is 5.91 Å². The zero-order chi connectivity index (χ0) is 17.1. The lowest BCUT2D eigenvalue weighted by atomic mass is 10.1. The maximum Gasteiger partial charge on any atom is 0.272 e. The van der Waals surface area contributed by atoms with E-state index in [0.717, 1.165) is 5.16 Å². The SMILES string of the molecule is CSc1nc(C(=O)NCC(O)c2ccc(F)cc2)c2ccccn12. The van der Waals surface area contributed by atoms with Crippen LogP contribution in [0.4, 0.5) is 4.39 Å². The van der Waals surface area contributed by atoms with Crippen molar-refractivity contribution in [3.8, 4) is 0 Å². The summed E-state index contributed by atoms with van der Waals surface area (Å²) in [5, 5.41) is 13.5. The van der Waals surface area contributed by atoms with Crippen molar-refractivity contribution in [1.29, 1.82) is 0 Å². The smallest absolute Gasteiger partial charge is 0.272 e. The Morgan fingerprint density at radius 2 is 2.08 bits per heavy atom. The second-order valence-electron chi connectivity index (χ2n) is 5.18. The number of aromatic nitrogens is 2. The third-order valence-corrected chi connectivity index (χ3v) is 4.28. The minimum atomic E-state index is -0.913. The van der Waals surface area contributed by atoms with Crippen LogP contribution in [0.15, 0.2) is 53.8 Å². The minimum absolute atomic E-state index is 0.0188. The first kappa shape index (κ1) is 16.5. The standard InChI is InChI=1S/C17H16FN3O2S/c1-24-17-20-15(13-4-2-3-9-21(13)17)16(23)19-10-14(22)11-5-7-12(18)8-6-11/h2-9,14,22H,10H2,1H3,(H,19,23). The van der Waals surface area contributed by atoms with Gasteiger partial charge in [-0.3, -0.25) is 9.20 Å². The molecule has 0 aliphatic carbocycles. The largest absolute Gasteiger partial charge is 0.387 e. The number of pyridine rings is 1. The number of fused-ring (bicyclic) bond motifs is 1. The number of rotatable bonds is 5. The number of aliphatic hydroxyl groups excluding tert-OH is 1. The van der Waals surface area contributed by atoms with Crippen LogP contribution in [0.25, 0.3) is 5.52 Å². The predicted molar refractivity (Wildman–Crippen MR) is 90.7 cm³/mol. The number of nitrogens with one attached hydrogen (secondary N) is 1. The van der Waals surface area contributed by atoms with Gasteiger partial charge in [-0.1, -0.05) is 30.0 Å². The quantitative estimate of drug-likeness (QED) is 0.698. The van der Waals surface area contributed by atoms with Crippen LogP contribution < -0.4 is 5.32 Å². The average molecular weight is 345 g/mol. The van der Waals surface area contributed by atoms with E-state index < -0.39 is 6.10 Å². The summed E-state index contributed by atoms with van der Waals surface area (Å²) in [7, 11) is 0. The summed E-state index contributed by atoms with van der Waals surface area (Å²) >= 11 is 1.45. The zero-order valence-electron chi connectivity index (χ0n) is 12.9. The van der Waals surface area contributed by atoms with Crippen molar-refractivity contribution in [3.05, 3.63) is 65.7 Å². The topological polar surface area (TPSA) is 66.6 Å². The molecule has 1 aromatic carbocycles. The van der Waals surface area contributed by atoms with Gasteiger partial charge in [-0.05, 0) is 36.1 Å². The summed E-state index contributed by atoms with van der Waals surface area (Å²) in [5.41, 5.74) is 1.55. The van der Waals surface area contributed by atoms with Gasteiger partial charge in [0.15, 0.2) is 10.9 Å². The lowest BCUT2D eigenvalue weighted by molar-refractivity contribution is 0.0913. The first-order chi connectivity index (χ1) is 11.6. The predicted octanol–water partition coefficient (Wildman–Crippen LogP) is 2.66. The number of amides is 1. The number of imidazole rings is 1. The van der Waals surface area contributed by atoms with Crippen molar-refractivity contribution in [3.63, 3.8) is 0 Å². The van der Waals surface area contributed by atoms with E-state index in [1.165, 1.54) is 36.0 Å². The van der Waals surface area contributed by atoms with E-state index in [1.807, 2.05) is 35.1 Å². The lowest BCUT2D eigenvalue weighted by Crippen LogP contribution is -2.28. The van der Waals surface area contributed by atoms with Gasteiger partial charge in [-0.15, -0.1) is 0 Å². The van der Waals surface area contributed by atoms with Gasteiger partial charge in [0, 0.05) is 12.7 Å². The summed E-state index contributed by atoms with van der Waals surface area (Å²) in [4.78, 5) is 16.8. The molecule has 3 rings (SSSR count). The molecule has 3 aromatic rings. The lowest BCUT2D eigenvalue weighted by Gasteiger charge is -2.11. The van der Waals surface area contributed by atoms with Crippen LogP contribution in [0.5, 0.6) is 0 Å². The second kappa shape index (κ2) is 7.02. The number of aliphatic hydroxyl groups is 1. The Hall–Kier alpha value is -2.38. The fourth-order valence-electron chi connectivity index (χ4n) is 2.40. The molecule has 124 valence electrons. The first-order valence-corrected chi connectivity index (χ1v) is 8.55. The highest BCUT2D eigenvalue weighted by atomic mass is 32.2. The molecule has 1 amide bonds. The van der Waals surface area contributed by atoms with Crippen molar-refractivity contribution >= 4 is 23.2 Å². The summed E-state index contributed by atoms with van der Waals surface area (Å²) in [6.07, 6.45) is 2.82. The van der Waals surface area contributed by atoms with Gasteiger partial charge in [0.1, 0.15) is 5.82 Å². The van der Waals surface area contributed by atoms with Crippen molar-refractivity contribution in [2.45, 2.75) is 11.3 Å². The van der Waals surface area contributed by atoms with Crippen LogP contribution in [0.2, 0.25) is 0 Å². The van der Waals surface area contributed by atoms with E-state index in [9.17, 15) is 14.3 Å². The molecule has 0 aliphatic heterocycles. The minimum Gasteiger partial charge on any atom is -0.387 e. The number of nitrogens with zero attached hydrogens (tertiary/aromatic N) is 2. The highest BCUT2D eigenvalue weighted by molar-refractivity contribution is 7.98. The molecular formula is C17H16FN3O2S. The second-order valence-corrected chi connectivity index (χ2v) is 5.95. The van der Waals surface area contributed by atoms with Crippen LogP contribution in [0, 0.1) is 5.82 Å². The van der Waals surface area contributed by atoms with E-state index in [0.29, 0.717) is 16.8 Å². The Labute approximate surface area is 142 Å². The Bertz CT molecular complexity index is 864. The van der Waals surface area contributed by atoms with Crippen molar-refractivity contribution in [1.82, 2.24) is 14.7 Å². The van der Waals surface area contributed by atoms with Gasteiger partial charge in [-0.2, -0.15) is 0 Å². The zero-order valence-corrected chi connectivity index (χ0v) is 13.8. The van der Waals surface area contributed by atoms with Gasteiger partial charge < -0.3 is 10.4 Å². The van der Waals surface area contributed by atoms with Crippen LogP contribution >= 0.6 is 11.8 Å². The van der Waals surface area contributed by atoms with Crippen molar-refractivity contribution in [2.75, 3.05) is 12.8 Å². The molecule has 0 fully saturated rings. The van der Waals surface area contributed by atoms with E-state index in [1.54, 1.807) is 0 Å². The van der Waals surface area contributed by atoms with Crippen LogP contribution in [0.1, 0.15) is 22.2 Å². The van der Waals surface area contributed by atoms with Gasteiger partial charge in [0.2, 0.25) is 0 Å². The normalized spacial score (nSPS) is 12.3. The first-order valence-electron chi connectivity index (χ1n) is 7.33. The molecule has 0 spiro atoms. The molecule has 2 aromatic heterocycles. The van der Waals surface area contributed by atoms with Gasteiger partial charge in [-0.25, -0.2) is 9.37 Å². The highest BCUT2D eigenvalue weighted by Crippen LogP contribution is 2.20. The number of benzene rings is 1. The van der Waals surface area contributed by atoms with Crippen LogP contribution in [0.3, 0.4) is 0 Å². The molecule has 1 unspecified atom stereocenters. The number of carbonyl (C=O) groups is 1. The number of thioether (sulfide) groups is 1. The van der Waals surface area contributed by atoms with Gasteiger partial charge in [0.05, 0.1) is 11.6 Å². The maximum atomic E-state index is 12.9. The summed E-state index contributed by atoms with van der Waals surface area (Å²) in [5.74, 6) is -0.732. The molecule has 0 saturated carbocycles. The Kier molecular flexibility index (Phi) is 4.82.